The lowest BCUT2D eigenvalue weighted by atomic mass is 10.0. The zero-order valence-corrected chi connectivity index (χ0v) is 18.6. The monoisotopic (exact) mass is 485 g/mol. The predicted octanol–water partition coefficient (Wildman–Crippen LogP) is 2.77. The van der Waals surface area contributed by atoms with E-state index in [0.29, 0.717) is 38.4 Å². The highest BCUT2D eigenvalue weighted by atomic mass is 19.4. The fraction of sp³-hybridized carbons (Fsp3) is 0.524. The maximum Gasteiger partial charge on any atom is 0.419 e. The Morgan fingerprint density at radius 2 is 1.82 bits per heavy atom. The second kappa shape index (κ2) is 8.95. The molecule has 3 heterocycles. The van der Waals surface area contributed by atoms with Crippen LogP contribution >= 0.6 is 0 Å². The Morgan fingerprint density at radius 3 is 2.50 bits per heavy atom. The van der Waals surface area contributed by atoms with Gasteiger partial charge in [0.2, 0.25) is 11.7 Å². The summed E-state index contributed by atoms with van der Waals surface area (Å²) in [6.45, 7) is 6.56. The fourth-order valence-electron chi connectivity index (χ4n) is 3.95. The molecule has 2 fully saturated rings. The molecule has 2 saturated heterocycles. The maximum absolute atomic E-state index is 13.6. The average Bonchev–Trinajstić information content (AvgIpc) is 3.31. The molecule has 0 N–H and O–H groups in total. The minimum absolute atomic E-state index is 0.115. The third-order valence-electron chi connectivity index (χ3n) is 5.94. The number of imide groups is 1. The van der Waals surface area contributed by atoms with Crippen LogP contribution < -0.4 is 0 Å². The summed E-state index contributed by atoms with van der Waals surface area (Å²) < 4.78 is 62.9. The molecule has 1 aromatic carbocycles. The van der Waals surface area contributed by atoms with Gasteiger partial charge in [-0.3, -0.25) is 14.6 Å². The molecule has 184 valence electrons. The third kappa shape index (κ3) is 4.62. The standard InChI is InChI=1S/C21H23F4N5O4/c1-20(2)18(31)29(19(32)30(20)6-5-28-7-9-33-10-8-28)12-16-26-17(27-34-16)13-3-4-15(22)14(11-13)21(23,24)25/h3-4,11H,5-10,12H2,1-2H3. The number of halogens is 4. The number of amides is 3. The maximum atomic E-state index is 13.6. The van der Waals surface area contributed by atoms with Crippen molar-refractivity contribution in [2.75, 3.05) is 39.4 Å². The lowest BCUT2D eigenvalue weighted by molar-refractivity contribution is -0.140. The van der Waals surface area contributed by atoms with Crippen LogP contribution in [-0.4, -0.2) is 81.7 Å². The Labute approximate surface area is 192 Å². The average molecular weight is 485 g/mol. The molecule has 1 aromatic heterocycles. The summed E-state index contributed by atoms with van der Waals surface area (Å²) >= 11 is 0. The Kier molecular flexibility index (Phi) is 6.34. The highest BCUT2D eigenvalue weighted by Crippen LogP contribution is 2.34. The number of alkyl halides is 3. The number of hydrogen-bond acceptors (Lipinski definition) is 7. The van der Waals surface area contributed by atoms with E-state index in [4.69, 9.17) is 9.26 Å². The van der Waals surface area contributed by atoms with Crippen molar-refractivity contribution < 1.29 is 36.4 Å². The fourth-order valence-corrected chi connectivity index (χ4v) is 3.95. The van der Waals surface area contributed by atoms with Gasteiger partial charge in [-0.05, 0) is 32.0 Å². The highest BCUT2D eigenvalue weighted by Gasteiger charge is 2.51. The molecular formula is C21H23F4N5O4. The number of carbonyl (C=O) groups is 2. The number of benzene rings is 1. The van der Waals surface area contributed by atoms with Crippen molar-refractivity contribution in [3.8, 4) is 11.4 Å². The summed E-state index contributed by atoms with van der Waals surface area (Å²) in [5.41, 5.74) is -2.67. The van der Waals surface area contributed by atoms with Crippen molar-refractivity contribution in [2.24, 2.45) is 0 Å². The van der Waals surface area contributed by atoms with Crippen molar-refractivity contribution in [1.82, 2.24) is 24.8 Å². The molecule has 4 rings (SSSR count). The molecule has 2 aromatic rings. The van der Waals surface area contributed by atoms with Gasteiger partial charge in [0.15, 0.2) is 0 Å². The molecule has 0 unspecified atom stereocenters. The molecule has 0 aliphatic carbocycles. The first-order valence-electron chi connectivity index (χ1n) is 10.6. The number of carbonyl (C=O) groups excluding carboxylic acids is 2. The van der Waals surface area contributed by atoms with E-state index >= 15 is 0 Å². The van der Waals surface area contributed by atoms with Crippen LogP contribution in [0.2, 0.25) is 0 Å². The predicted molar refractivity (Wildman–Crippen MR) is 109 cm³/mol. The summed E-state index contributed by atoms with van der Waals surface area (Å²) in [6.07, 6.45) is -4.89. The van der Waals surface area contributed by atoms with Crippen LogP contribution in [0.3, 0.4) is 0 Å². The second-order valence-corrected chi connectivity index (χ2v) is 8.54. The van der Waals surface area contributed by atoms with Crippen molar-refractivity contribution in [1.29, 1.82) is 0 Å². The zero-order chi connectivity index (χ0) is 24.7. The summed E-state index contributed by atoms with van der Waals surface area (Å²) in [7, 11) is 0. The van der Waals surface area contributed by atoms with Crippen LogP contribution in [0.15, 0.2) is 22.7 Å². The van der Waals surface area contributed by atoms with Crippen LogP contribution in [0.25, 0.3) is 11.4 Å². The van der Waals surface area contributed by atoms with Gasteiger partial charge in [-0.25, -0.2) is 9.18 Å². The molecule has 34 heavy (non-hydrogen) atoms. The van der Waals surface area contributed by atoms with Gasteiger partial charge in [-0.2, -0.15) is 18.2 Å². The summed E-state index contributed by atoms with van der Waals surface area (Å²) in [6, 6.07) is 1.80. The number of aromatic nitrogens is 2. The van der Waals surface area contributed by atoms with Crippen molar-refractivity contribution >= 4 is 11.9 Å². The van der Waals surface area contributed by atoms with Crippen molar-refractivity contribution in [3.63, 3.8) is 0 Å². The van der Waals surface area contributed by atoms with E-state index in [9.17, 15) is 27.2 Å². The summed E-state index contributed by atoms with van der Waals surface area (Å²) in [5.74, 6) is -2.24. The molecule has 9 nitrogen and oxygen atoms in total. The molecule has 2 aliphatic heterocycles. The quantitative estimate of drug-likeness (QED) is 0.459. The first kappa shape index (κ1) is 24.1. The van der Waals surface area contributed by atoms with E-state index in [0.717, 1.165) is 24.1 Å². The third-order valence-corrected chi connectivity index (χ3v) is 5.94. The summed E-state index contributed by atoms with van der Waals surface area (Å²) in [5, 5.41) is 3.63. The molecule has 0 radical (unpaired) electrons. The van der Waals surface area contributed by atoms with Crippen LogP contribution in [0.4, 0.5) is 22.4 Å². The molecule has 13 heteroatoms. The SMILES string of the molecule is CC1(C)C(=O)N(Cc2nc(-c3ccc(F)c(C(F)(F)F)c3)no2)C(=O)N1CCN1CCOCC1. The second-order valence-electron chi connectivity index (χ2n) is 8.54. The first-order chi connectivity index (χ1) is 16.0. The Morgan fingerprint density at radius 1 is 1.12 bits per heavy atom. The molecule has 0 bridgehead atoms. The van der Waals surface area contributed by atoms with Gasteiger partial charge in [0, 0.05) is 31.7 Å². The highest BCUT2D eigenvalue weighted by molar-refractivity contribution is 6.06. The van der Waals surface area contributed by atoms with Gasteiger partial charge in [0.05, 0.1) is 18.8 Å². The van der Waals surface area contributed by atoms with Crippen molar-refractivity contribution in [2.45, 2.75) is 32.1 Å². The summed E-state index contributed by atoms with van der Waals surface area (Å²) in [4.78, 5) is 34.5. The van der Waals surface area contributed by atoms with Crippen LogP contribution in [0.5, 0.6) is 0 Å². The van der Waals surface area contributed by atoms with Crippen LogP contribution in [0, 0.1) is 5.82 Å². The van der Waals surface area contributed by atoms with Gasteiger partial charge in [0.1, 0.15) is 17.9 Å². The first-order valence-corrected chi connectivity index (χ1v) is 10.6. The van der Waals surface area contributed by atoms with E-state index in [1.165, 1.54) is 4.90 Å². The van der Waals surface area contributed by atoms with Gasteiger partial charge in [0.25, 0.3) is 5.91 Å². The number of nitrogens with zero attached hydrogens (tertiary/aromatic N) is 5. The molecular weight excluding hydrogens is 462 g/mol. The molecule has 0 atom stereocenters. The van der Waals surface area contributed by atoms with Crippen molar-refractivity contribution in [3.05, 3.63) is 35.5 Å². The van der Waals surface area contributed by atoms with E-state index < -0.39 is 35.0 Å². The van der Waals surface area contributed by atoms with Crippen LogP contribution in [-0.2, 0) is 22.3 Å². The minimum atomic E-state index is -4.89. The Balaban J connectivity index is 1.48. The number of urea groups is 1. The van der Waals surface area contributed by atoms with E-state index in [-0.39, 0.29) is 23.8 Å². The van der Waals surface area contributed by atoms with E-state index in [1.54, 1.807) is 13.8 Å². The number of rotatable bonds is 6. The van der Waals surface area contributed by atoms with Crippen LogP contribution in [0.1, 0.15) is 25.3 Å². The lowest BCUT2D eigenvalue weighted by Gasteiger charge is -2.32. The van der Waals surface area contributed by atoms with E-state index in [1.807, 2.05) is 0 Å². The topological polar surface area (TPSA) is 92.0 Å². The smallest absolute Gasteiger partial charge is 0.379 e. The van der Waals surface area contributed by atoms with Gasteiger partial charge in [-0.15, -0.1) is 0 Å². The number of ether oxygens (including phenoxy) is 1. The van der Waals surface area contributed by atoms with Gasteiger partial charge < -0.3 is 14.2 Å². The Hall–Kier alpha value is -3.06. The zero-order valence-electron chi connectivity index (χ0n) is 18.6. The largest absolute Gasteiger partial charge is 0.419 e. The van der Waals surface area contributed by atoms with Gasteiger partial charge >= 0.3 is 12.2 Å². The molecule has 0 saturated carbocycles. The van der Waals surface area contributed by atoms with Gasteiger partial charge in [-0.1, -0.05) is 5.16 Å². The lowest BCUT2D eigenvalue weighted by Crippen LogP contribution is -2.48. The number of hydrogen-bond donors (Lipinski definition) is 0. The minimum Gasteiger partial charge on any atom is -0.379 e. The molecule has 3 amide bonds. The number of morpholine rings is 1. The van der Waals surface area contributed by atoms with E-state index in [2.05, 4.69) is 15.0 Å². The normalized spacial score (nSPS) is 19.4. The molecule has 0 spiro atoms. The molecule has 2 aliphatic rings. The Bertz CT molecular complexity index is 1080.